The lowest BCUT2D eigenvalue weighted by Crippen LogP contribution is -2.36. The second-order valence-electron chi connectivity index (χ2n) is 30.9. The van der Waals surface area contributed by atoms with Crippen molar-refractivity contribution in [1.29, 1.82) is 0 Å². The first-order chi connectivity index (χ1) is 63.5. The zero-order valence-corrected chi connectivity index (χ0v) is 72.7. The van der Waals surface area contributed by atoms with E-state index in [9.17, 15) is 96.4 Å². The smallest absolute Gasteiger partial charge is 0.398 e. The number of aliphatic imine (C=N–C) groups is 1. The second kappa shape index (κ2) is 35.3. The van der Waals surface area contributed by atoms with Gasteiger partial charge in [0.25, 0.3) is 16.7 Å². The summed E-state index contributed by atoms with van der Waals surface area (Å²) in [7, 11) is -30.3. The number of ether oxygens (including phenoxy) is 6. The van der Waals surface area contributed by atoms with Gasteiger partial charge in [0.15, 0.2) is 93.7 Å². The number of nitrogen functional groups attached to an aromatic ring is 5. The SMILES string of the molecule is Nc1nc2c(ncn2[C@@H]2O[C@@H]3COP(=O)(O)OC4C[C@H](n5cnc6c5N=CCC6=O)O[C@@H]4COP(=O)(O)O[C@H]2C3O)c(=O)[nH]1.Nc1nc2c(ncn2[C@@H]2O[C@@H]3COP(=O)(O)OC4[C@@H](COP(=O)(O)O[C@H]2C3O)O[C@@H](n2ccc3c(N)ccnc32)[C@H]4O)c(=O)[nH]1.Nc1nc2c(ncn2[C@@H]2O[C@@H]3COP(=O)(O)OC4[C@@H](COP(=O)(O)O[C@H]2C3O)O[C@@H](n2cnc3c(N)ccnc32)[C@H]4F)c(=O)[nH]1. The highest BCUT2D eigenvalue weighted by molar-refractivity contribution is 7.48. The molecule has 0 saturated carbocycles. The lowest BCUT2D eigenvalue weighted by Gasteiger charge is -2.25. The number of pyridine rings is 2. The molecule has 6 bridgehead atoms. The van der Waals surface area contributed by atoms with Gasteiger partial charge in [0.05, 0.1) is 77.0 Å². The maximum Gasteiger partial charge on any atom is 0.472 e. The van der Waals surface area contributed by atoms with E-state index in [-0.39, 0.29) is 98.3 Å². The average Bonchev–Trinajstić information content (AvgIpc) is 1.58. The van der Waals surface area contributed by atoms with Crippen molar-refractivity contribution in [3.05, 3.63) is 105 Å². The Bertz CT molecular complexity index is 6710. The van der Waals surface area contributed by atoms with Gasteiger partial charge in [-0.3, -0.25) is 111 Å². The second-order valence-corrected chi connectivity index (χ2v) is 39.3. The Morgan fingerprint density at radius 3 is 1.24 bits per heavy atom. The van der Waals surface area contributed by atoms with Crippen molar-refractivity contribution in [2.75, 3.05) is 68.3 Å². The maximum absolute atomic E-state index is 15.9. The van der Waals surface area contributed by atoms with Crippen LogP contribution in [0.4, 0.5) is 39.4 Å². The third-order valence-electron chi connectivity index (χ3n) is 22.3. The number of anilines is 5. The van der Waals surface area contributed by atoms with Crippen LogP contribution < -0.4 is 45.3 Å². The number of nitrogens with two attached hydrogens (primary N) is 5. The number of Topliss-reactive ketones (excluding diaryl/α,β-unsaturated/α-hetero) is 1. The molecule has 720 valence electrons. The zero-order valence-electron chi connectivity index (χ0n) is 67.3. The van der Waals surface area contributed by atoms with Gasteiger partial charge in [-0.1, -0.05) is 0 Å². The van der Waals surface area contributed by atoms with Crippen molar-refractivity contribution in [1.82, 2.24) is 92.2 Å². The first kappa shape index (κ1) is 93.1. The summed E-state index contributed by atoms with van der Waals surface area (Å²) < 4.78 is 199. The number of alkyl halides is 1. The Kier molecular flexibility index (Phi) is 24.5. The summed E-state index contributed by atoms with van der Waals surface area (Å²) >= 11 is 0. The van der Waals surface area contributed by atoms with Crippen LogP contribution in [-0.4, -0.2) is 297 Å². The molecule has 29 atom stereocenters. The van der Waals surface area contributed by atoms with E-state index in [0.29, 0.717) is 16.7 Å². The van der Waals surface area contributed by atoms with Crippen LogP contribution in [-0.2, 0) is 110 Å². The van der Waals surface area contributed by atoms with Crippen molar-refractivity contribution >= 4 is 150 Å². The number of imidazole rings is 5. The van der Waals surface area contributed by atoms with E-state index in [0.717, 1.165) is 32.7 Å². The molecule has 0 aliphatic carbocycles. The number of phosphoric acid groups is 6. The molecule has 21 heterocycles. The van der Waals surface area contributed by atoms with E-state index < -0.39 is 244 Å². The molecule has 63 nitrogen and oxygen atoms in total. The number of carbonyl (C=O) groups excluding carboxylic acids is 1. The first-order valence-corrected chi connectivity index (χ1v) is 48.3. The molecule has 70 heteroatoms. The van der Waals surface area contributed by atoms with Gasteiger partial charge in [-0.15, -0.1) is 0 Å². The maximum atomic E-state index is 15.9. The van der Waals surface area contributed by atoms with Crippen LogP contribution in [0.1, 0.15) is 60.7 Å². The summed E-state index contributed by atoms with van der Waals surface area (Å²) in [4.78, 5) is 164. The summed E-state index contributed by atoms with van der Waals surface area (Å²) in [6.07, 6.45) is -24.3. The largest absolute Gasteiger partial charge is 0.472 e. The van der Waals surface area contributed by atoms with Crippen LogP contribution in [0, 0.1) is 0 Å². The molecule has 9 fully saturated rings. The van der Waals surface area contributed by atoms with Crippen LogP contribution in [0.3, 0.4) is 0 Å². The Morgan fingerprint density at radius 2 is 0.761 bits per heavy atom. The van der Waals surface area contributed by atoms with E-state index >= 15 is 4.39 Å². The molecule has 10 aliphatic rings. The Morgan fingerprint density at radius 1 is 0.381 bits per heavy atom. The van der Waals surface area contributed by atoms with Gasteiger partial charge in [-0.25, -0.2) is 71.7 Å². The minimum atomic E-state index is -5.15. The fourth-order valence-corrected chi connectivity index (χ4v) is 21.9. The van der Waals surface area contributed by atoms with Crippen molar-refractivity contribution in [2.24, 2.45) is 4.99 Å². The average molecular weight is 2010 g/mol. The number of halogens is 1. The molecule has 10 aliphatic heterocycles. The first-order valence-electron chi connectivity index (χ1n) is 39.3. The van der Waals surface area contributed by atoms with E-state index in [1.807, 2.05) is 0 Å². The third-order valence-corrected chi connectivity index (χ3v) is 28.3. The number of nitrogens with zero attached hydrogens (tertiary/aromatic N) is 17. The predicted molar refractivity (Wildman–Crippen MR) is 434 cm³/mol. The minimum Gasteiger partial charge on any atom is -0.398 e. The summed E-state index contributed by atoms with van der Waals surface area (Å²) in [5.74, 6) is -0.885. The fraction of sp³-hybridized carbons (Fsp3) is 0.484. The number of fused-ring (bicyclic) bond motifs is 15. The monoisotopic (exact) mass is 2010 g/mol. The number of aromatic amines is 3. The molecule has 134 heavy (non-hydrogen) atoms. The third kappa shape index (κ3) is 17.9. The molecule has 0 amide bonds. The molecule has 12 unspecified atom stereocenters. The Balaban J connectivity index is 0.000000129. The molecule has 23 N–H and O–H groups in total. The number of nitrogens with one attached hydrogen (secondary N) is 3. The number of aliphatic hydroxyl groups is 4. The number of aliphatic hydroxyl groups excluding tert-OH is 4. The standard InChI is InChI=1S/C22H26N8O13P2.C21H24FN9O12P2.C21H24N8O13P2/c23-9-1-3-25-17-8(9)2-4-29(17)20-14(32)15-11(41-20)6-39-45(36,37)43-16-13(31)10(5-38-44(34,35)42-15)40-21(16)30-7-26-12-18(30)27-22(24)28-19(12)33;22-10-14-9(41-19(10)30-5-26-11-7(23)1-2-25-16(11)30)4-39-45(36,37)43-15-13(32)8(3-38-44(34,35)42-14)40-20(15)31-6-27-12-17(31)28-21(24)29-18(12)33;22-21-26-18-14(19(32)27-21)25-7-29(18)20-16-15(31)11(40-20)5-38-43(33,34)41-9-3-12(39-10(9)4-37-44(35,36)42-16)28-6-24-13-8(30)1-2-23-17(13)28/h1-4,7,10-11,13-16,20-21,31-32H,5-6H2,(H2,23,25)(H,34,35)(H,36,37)(H3,24,27,28,33);1-2,5-6,8-10,13-15,19-20,32H,3-4H2,(H2,23,25)(H,34,35)(H,36,37)(H3,24,28,29,33);2,6-7,9-12,15-16,20,31H,1,3-5H2,(H,33,34)(H,35,36)(H3,22,26,27,32)/t10-,11-,13?,14+,15?,16+,20-,21-;8-,9-,10+,13?,14?,15+,19-,20-;9?,10-,11-,12-,15?,16+,20-/m111/s1. The van der Waals surface area contributed by atoms with Crippen LogP contribution >= 0.6 is 46.9 Å². The van der Waals surface area contributed by atoms with Gasteiger partial charge < -0.3 is 111 Å². The highest BCUT2D eigenvalue weighted by atomic mass is 31.2. The predicted octanol–water partition coefficient (Wildman–Crippen LogP) is -2.44. The molecule has 0 spiro atoms. The highest BCUT2D eigenvalue weighted by Gasteiger charge is 2.59. The van der Waals surface area contributed by atoms with Crippen molar-refractivity contribution < 1.29 is 169 Å². The summed E-state index contributed by atoms with van der Waals surface area (Å²) in [6.45, 7) is -4.78. The summed E-state index contributed by atoms with van der Waals surface area (Å²) in [6, 6.07) is 4.67. The minimum absolute atomic E-state index is 0.0791. The fourth-order valence-electron chi connectivity index (χ4n) is 16.2. The number of phosphoric ester groups is 6. The van der Waals surface area contributed by atoms with E-state index in [4.69, 9.17) is 111 Å². The number of rotatable bonds is 6. The molecule has 11 aromatic heterocycles. The zero-order chi connectivity index (χ0) is 94.6. The van der Waals surface area contributed by atoms with Crippen LogP contribution in [0.15, 0.2) is 87.8 Å². The van der Waals surface area contributed by atoms with Gasteiger partial charge in [0, 0.05) is 48.7 Å². The van der Waals surface area contributed by atoms with Crippen LogP contribution in [0.2, 0.25) is 0 Å². The molecule has 21 rings (SSSR count). The number of hydrogen-bond acceptors (Lipinski definition) is 48. The molecular formula is C64H74FN25O38P6. The van der Waals surface area contributed by atoms with Gasteiger partial charge in [-0.2, -0.15) is 15.0 Å². The number of hydrogen-bond donors (Lipinski definition) is 18. The van der Waals surface area contributed by atoms with Crippen molar-refractivity contribution in [2.45, 2.75) is 154 Å². The molecule has 0 radical (unpaired) electrons. The Labute approximate surface area is 740 Å². The molecule has 9 saturated heterocycles. The van der Waals surface area contributed by atoms with Crippen LogP contribution in [0.25, 0.3) is 55.7 Å². The van der Waals surface area contributed by atoms with Crippen molar-refractivity contribution in [3.63, 3.8) is 0 Å². The molecule has 0 aromatic carbocycles. The summed E-state index contributed by atoms with van der Waals surface area (Å²) in [5.41, 5.74) is 27.3. The number of aromatic nitrogens is 19. The molecular weight excluding hydrogens is 1930 g/mol. The topological polar surface area (TPSA) is 887 Å². The number of ketones is 1. The lowest BCUT2D eigenvalue weighted by molar-refractivity contribution is -0.0672. The van der Waals surface area contributed by atoms with Crippen LogP contribution in [0.5, 0.6) is 0 Å². The summed E-state index contributed by atoms with van der Waals surface area (Å²) in [5, 5.41) is 44.7. The van der Waals surface area contributed by atoms with Gasteiger partial charge in [0.1, 0.15) is 115 Å². The van der Waals surface area contributed by atoms with Gasteiger partial charge >= 0.3 is 46.9 Å². The quantitative estimate of drug-likeness (QED) is 0.0769. The van der Waals surface area contributed by atoms with E-state index in [1.165, 1.54) is 57.2 Å². The number of H-pyrrole nitrogens is 3. The molecule has 11 aromatic rings. The van der Waals surface area contributed by atoms with Gasteiger partial charge in [-0.05, 0) is 18.2 Å². The Hall–Kier alpha value is -9.90. The lowest BCUT2D eigenvalue weighted by atomic mass is 10.1. The number of carbonyl (C=O) groups is 1. The normalized spacial score (nSPS) is 37.7. The van der Waals surface area contributed by atoms with E-state index in [1.54, 1.807) is 12.1 Å². The van der Waals surface area contributed by atoms with E-state index in [2.05, 4.69) is 69.8 Å². The van der Waals surface area contributed by atoms with Crippen molar-refractivity contribution in [3.8, 4) is 0 Å². The highest BCUT2D eigenvalue weighted by Crippen LogP contribution is 2.59. The van der Waals surface area contributed by atoms with Gasteiger partial charge in [0.2, 0.25) is 17.8 Å².